The number of nitrogens with zero attached hydrogens (tertiary/aromatic N) is 2. The lowest BCUT2D eigenvalue weighted by atomic mass is 9.70. The molecule has 0 amide bonds. The van der Waals surface area contributed by atoms with E-state index in [-0.39, 0.29) is 5.41 Å². The van der Waals surface area contributed by atoms with E-state index in [1.807, 2.05) is 11.3 Å². The van der Waals surface area contributed by atoms with Gasteiger partial charge in [-0.15, -0.1) is 11.3 Å². The van der Waals surface area contributed by atoms with E-state index in [1.165, 1.54) is 114 Å². The van der Waals surface area contributed by atoms with E-state index in [2.05, 4.69) is 213 Å². The minimum absolute atomic E-state index is 0.0893. The van der Waals surface area contributed by atoms with Crippen LogP contribution in [-0.4, -0.2) is 9.55 Å². The molecule has 0 bridgehead atoms. The number of rotatable bonds is 2. The first-order valence-corrected chi connectivity index (χ1v) is 23.2. The van der Waals surface area contributed by atoms with Gasteiger partial charge in [0.25, 0.3) is 0 Å². The molecule has 0 unspecified atom stereocenters. The number of pyridine rings is 1. The van der Waals surface area contributed by atoms with Crippen LogP contribution in [0.15, 0.2) is 194 Å². The third-order valence-corrected chi connectivity index (χ3v) is 16.3. The van der Waals surface area contributed by atoms with Gasteiger partial charge in [0.2, 0.25) is 0 Å². The number of thiophene rings is 1. The molecule has 9 aromatic carbocycles. The molecule has 298 valence electrons. The first kappa shape index (κ1) is 34.9. The highest BCUT2D eigenvalue weighted by atomic mass is 32.1. The van der Waals surface area contributed by atoms with Crippen molar-refractivity contribution >= 4 is 64.2 Å². The van der Waals surface area contributed by atoms with Gasteiger partial charge in [-0.1, -0.05) is 159 Å². The Kier molecular flexibility index (Phi) is 6.61. The van der Waals surface area contributed by atoms with E-state index in [4.69, 9.17) is 4.98 Å². The normalized spacial score (nSPS) is 14.7. The van der Waals surface area contributed by atoms with Crippen molar-refractivity contribution in [3.63, 3.8) is 0 Å². The van der Waals surface area contributed by atoms with Gasteiger partial charge in [0.1, 0.15) is 4.83 Å². The summed E-state index contributed by atoms with van der Waals surface area (Å²) < 4.78 is 3.84. The van der Waals surface area contributed by atoms with E-state index in [0.717, 1.165) is 22.5 Å². The molecule has 0 N–H and O–H groups in total. The number of aromatic nitrogens is 2. The van der Waals surface area contributed by atoms with Crippen LogP contribution in [0, 0.1) is 0 Å². The van der Waals surface area contributed by atoms with Gasteiger partial charge in [-0.3, -0.25) is 0 Å². The van der Waals surface area contributed by atoms with Crippen LogP contribution in [0.3, 0.4) is 0 Å². The van der Waals surface area contributed by atoms with Gasteiger partial charge in [-0.05, 0) is 121 Å². The Morgan fingerprint density at radius 3 is 1.73 bits per heavy atom. The van der Waals surface area contributed by atoms with Gasteiger partial charge >= 0.3 is 0 Å². The zero-order valence-electron chi connectivity index (χ0n) is 35.3. The van der Waals surface area contributed by atoms with Crippen molar-refractivity contribution in [2.45, 2.75) is 24.7 Å². The maximum absolute atomic E-state index is 5.58. The van der Waals surface area contributed by atoms with Crippen LogP contribution in [0.2, 0.25) is 0 Å². The van der Waals surface area contributed by atoms with Gasteiger partial charge < -0.3 is 4.57 Å². The number of hydrogen-bond donors (Lipinski definition) is 0. The summed E-state index contributed by atoms with van der Waals surface area (Å²) in [7, 11) is 0. The summed E-state index contributed by atoms with van der Waals surface area (Å²) in [6.07, 6.45) is 0. The fourth-order valence-corrected chi connectivity index (χ4v) is 13.7. The molecule has 3 aliphatic carbocycles. The van der Waals surface area contributed by atoms with E-state index in [0.29, 0.717) is 0 Å². The topological polar surface area (TPSA) is 17.8 Å². The van der Waals surface area contributed by atoms with E-state index in [1.54, 1.807) is 0 Å². The minimum atomic E-state index is -0.418. The Morgan fingerprint density at radius 2 is 1.00 bits per heavy atom. The van der Waals surface area contributed by atoms with Gasteiger partial charge in [0, 0.05) is 48.3 Å². The highest BCUT2D eigenvalue weighted by Gasteiger charge is 2.51. The second-order valence-corrected chi connectivity index (χ2v) is 19.6. The molecule has 0 saturated heterocycles. The van der Waals surface area contributed by atoms with Gasteiger partial charge in [-0.25, -0.2) is 4.98 Å². The Labute approximate surface area is 374 Å². The van der Waals surface area contributed by atoms with Crippen LogP contribution in [0.25, 0.3) is 103 Å². The molecule has 0 radical (unpaired) electrons. The van der Waals surface area contributed by atoms with Crippen LogP contribution >= 0.6 is 11.3 Å². The zero-order chi connectivity index (χ0) is 42.1. The second-order valence-electron chi connectivity index (χ2n) is 18.6. The Balaban J connectivity index is 1.01. The molecule has 12 aromatic rings. The quantitative estimate of drug-likeness (QED) is 0.159. The Bertz CT molecular complexity index is 4020. The molecule has 2 nitrogen and oxygen atoms in total. The van der Waals surface area contributed by atoms with Crippen molar-refractivity contribution in [1.82, 2.24) is 9.55 Å². The fraction of sp³-hybridized carbons (Fsp3) is 0.0656. The first-order chi connectivity index (χ1) is 31.5. The SMILES string of the molecule is CC1(C)c2ccccc2-c2cc3c(cc21)c1c2ccccc2sc1n3-c1cccc(-c2nc3ccccc3c3cc4c(cc23)-c2ccccc2C42c3ccccc3-c3ccccc32)c1. The van der Waals surface area contributed by atoms with Gasteiger partial charge in [0.15, 0.2) is 0 Å². The Hall–Kier alpha value is -7.59. The highest BCUT2D eigenvalue weighted by molar-refractivity contribution is 7.25. The van der Waals surface area contributed by atoms with Crippen molar-refractivity contribution in [3.05, 3.63) is 228 Å². The third-order valence-electron chi connectivity index (χ3n) is 15.2. The van der Waals surface area contributed by atoms with Crippen molar-refractivity contribution < 1.29 is 0 Å². The molecule has 0 atom stereocenters. The predicted octanol–water partition coefficient (Wildman–Crippen LogP) is 16.0. The summed E-state index contributed by atoms with van der Waals surface area (Å²) in [5, 5.41) is 7.53. The first-order valence-electron chi connectivity index (χ1n) is 22.4. The van der Waals surface area contributed by atoms with Crippen LogP contribution in [0.5, 0.6) is 0 Å². The maximum atomic E-state index is 5.58. The van der Waals surface area contributed by atoms with Gasteiger partial charge in [-0.2, -0.15) is 0 Å². The van der Waals surface area contributed by atoms with Crippen molar-refractivity contribution in [3.8, 4) is 50.3 Å². The predicted molar refractivity (Wildman–Crippen MR) is 268 cm³/mol. The summed E-state index contributed by atoms with van der Waals surface area (Å²) in [4.78, 5) is 6.85. The molecular weight excluding hydrogens is 793 g/mol. The summed E-state index contributed by atoms with van der Waals surface area (Å²) in [5.74, 6) is 0. The van der Waals surface area contributed by atoms with Crippen LogP contribution in [0.1, 0.15) is 47.2 Å². The minimum Gasteiger partial charge on any atom is -0.301 e. The third kappa shape index (κ3) is 4.19. The molecule has 3 aromatic heterocycles. The van der Waals surface area contributed by atoms with Crippen LogP contribution < -0.4 is 0 Å². The zero-order valence-corrected chi connectivity index (χ0v) is 36.1. The van der Waals surface area contributed by atoms with Crippen molar-refractivity contribution in [2.24, 2.45) is 0 Å². The van der Waals surface area contributed by atoms with Crippen molar-refractivity contribution in [1.29, 1.82) is 0 Å². The smallest absolute Gasteiger partial charge is 0.109 e. The molecule has 3 heterocycles. The van der Waals surface area contributed by atoms with Gasteiger partial charge in [0.05, 0.1) is 22.1 Å². The Morgan fingerprint density at radius 1 is 0.422 bits per heavy atom. The summed E-state index contributed by atoms with van der Waals surface area (Å²) in [5.41, 5.74) is 21.1. The molecule has 0 fully saturated rings. The number of hydrogen-bond acceptors (Lipinski definition) is 2. The number of para-hydroxylation sites is 1. The molecule has 1 spiro atoms. The molecule has 64 heavy (non-hydrogen) atoms. The van der Waals surface area contributed by atoms with Crippen LogP contribution in [-0.2, 0) is 10.8 Å². The maximum Gasteiger partial charge on any atom is 0.109 e. The average Bonchev–Trinajstić information content (AvgIpc) is 4.09. The number of benzene rings is 9. The number of fused-ring (bicyclic) bond motifs is 21. The molecule has 0 aliphatic heterocycles. The summed E-state index contributed by atoms with van der Waals surface area (Å²) in [6, 6.07) is 73.0. The average molecular weight is 831 g/mol. The van der Waals surface area contributed by atoms with Crippen molar-refractivity contribution in [2.75, 3.05) is 0 Å². The lowest BCUT2D eigenvalue weighted by molar-refractivity contribution is 0.661. The standard InChI is InChI=1S/C61H38N2S/c1-60(2)48-24-9-3-20-39(48)45-34-55-47(33-52(45)60)57-42-23-8-14-29-56(42)64-59(57)63(55)36-17-15-16-35(30-36)58-46-31-44-40-21-6-12-27-51(40)61(53(44)32-43(46)41-22-7-13-28-54(41)62-58)49-25-10-4-18-37(49)38-19-5-11-26-50(38)61/h3-34H,1-2H3. The molecule has 15 rings (SSSR count). The van der Waals surface area contributed by atoms with Crippen LogP contribution in [0.4, 0.5) is 0 Å². The second kappa shape index (κ2) is 12.1. The highest BCUT2D eigenvalue weighted by Crippen LogP contribution is 2.63. The van der Waals surface area contributed by atoms with E-state index >= 15 is 0 Å². The molecular formula is C61H38N2S. The summed E-state index contributed by atoms with van der Waals surface area (Å²) >= 11 is 1.89. The molecule has 0 saturated carbocycles. The summed E-state index contributed by atoms with van der Waals surface area (Å²) in [6.45, 7) is 4.76. The lowest BCUT2D eigenvalue weighted by Crippen LogP contribution is -2.25. The fourth-order valence-electron chi connectivity index (χ4n) is 12.5. The monoisotopic (exact) mass is 830 g/mol. The lowest BCUT2D eigenvalue weighted by Gasteiger charge is -2.30. The van der Waals surface area contributed by atoms with E-state index < -0.39 is 5.41 Å². The molecule has 3 heteroatoms. The molecule has 3 aliphatic rings. The largest absolute Gasteiger partial charge is 0.301 e. The van der Waals surface area contributed by atoms with E-state index in [9.17, 15) is 0 Å².